The Balaban J connectivity index is 1.78. The number of carbonyl (C=O) groups excluding carboxylic acids is 1. The third-order valence-corrected chi connectivity index (χ3v) is 4.35. The molecule has 4 N–H and O–H groups in total. The number of hydrogen-bond donors (Lipinski definition) is 4. The summed E-state index contributed by atoms with van der Waals surface area (Å²) in [6.07, 6.45) is 2.89. The Hall–Kier alpha value is -2.51. The second-order valence-electron chi connectivity index (χ2n) is 6.09. The number of nitrogens with zero attached hydrogens (tertiary/aromatic N) is 1. The van der Waals surface area contributed by atoms with Crippen molar-refractivity contribution in [1.82, 2.24) is 10.3 Å². The first-order valence-corrected chi connectivity index (χ1v) is 8.19. The van der Waals surface area contributed by atoms with E-state index >= 15 is 0 Å². The van der Waals surface area contributed by atoms with E-state index in [1.165, 1.54) is 24.5 Å². The molecular weight excluding hydrogens is 325 g/mol. The maximum atomic E-state index is 13.8. The van der Waals surface area contributed by atoms with Crippen molar-refractivity contribution in [2.24, 2.45) is 0 Å². The lowest BCUT2D eigenvalue weighted by molar-refractivity contribution is -0.0277. The first-order valence-electron chi connectivity index (χ1n) is 8.19. The number of carbonyl (C=O) groups is 1. The molecule has 0 spiro atoms. The van der Waals surface area contributed by atoms with E-state index in [-0.39, 0.29) is 11.3 Å². The molecule has 1 aliphatic rings. The Bertz CT molecular complexity index is 756. The van der Waals surface area contributed by atoms with Crippen molar-refractivity contribution in [2.45, 2.75) is 37.5 Å². The van der Waals surface area contributed by atoms with Gasteiger partial charge in [-0.1, -0.05) is 12.1 Å². The normalized spacial score (nSPS) is 23.1. The monoisotopic (exact) mass is 345 g/mol. The highest BCUT2D eigenvalue weighted by molar-refractivity contribution is 6.00. The van der Waals surface area contributed by atoms with Crippen LogP contribution in [-0.2, 0) is 0 Å². The molecule has 132 valence electrons. The fourth-order valence-corrected chi connectivity index (χ4v) is 2.96. The molecular formula is C18H20FN3O3. The molecule has 1 aromatic carbocycles. The van der Waals surface area contributed by atoms with Crippen molar-refractivity contribution in [3.05, 3.63) is 54.1 Å². The van der Waals surface area contributed by atoms with Crippen molar-refractivity contribution in [2.75, 3.05) is 5.32 Å². The van der Waals surface area contributed by atoms with E-state index in [1.807, 2.05) is 0 Å². The largest absolute Gasteiger partial charge is 0.390 e. The van der Waals surface area contributed by atoms with Gasteiger partial charge in [0.25, 0.3) is 5.91 Å². The van der Waals surface area contributed by atoms with Crippen LogP contribution in [0, 0.1) is 5.82 Å². The molecule has 1 aromatic heterocycles. The van der Waals surface area contributed by atoms with Gasteiger partial charge in [0, 0.05) is 6.20 Å². The van der Waals surface area contributed by atoms with Gasteiger partial charge in [-0.25, -0.2) is 4.39 Å². The fourth-order valence-electron chi connectivity index (χ4n) is 2.96. The zero-order valence-electron chi connectivity index (χ0n) is 13.5. The number of nitrogens with one attached hydrogen (secondary N) is 2. The molecule has 3 rings (SSSR count). The summed E-state index contributed by atoms with van der Waals surface area (Å²) in [7, 11) is 0. The first kappa shape index (κ1) is 17.3. The number of rotatable bonds is 4. The summed E-state index contributed by atoms with van der Waals surface area (Å²) in [5.74, 6) is -0.858. The van der Waals surface area contributed by atoms with Crippen molar-refractivity contribution in [3.8, 4) is 0 Å². The molecule has 25 heavy (non-hydrogen) atoms. The summed E-state index contributed by atoms with van der Waals surface area (Å²) in [5, 5.41) is 25.4. The number of para-hydroxylation sites is 1. The third kappa shape index (κ3) is 3.94. The molecule has 1 aliphatic carbocycles. The SMILES string of the molecule is O=C(NC1CCC[C@@H](O)[C@H]1O)c1ccncc1Nc1ccccc1F. The minimum Gasteiger partial charge on any atom is -0.390 e. The van der Waals surface area contributed by atoms with Crippen LogP contribution in [0.15, 0.2) is 42.7 Å². The highest BCUT2D eigenvalue weighted by atomic mass is 19.1. The van der Waals surface area contributed by atoms with Gasteiger partial charge in [-0.05, 0) is 37.5 Å². The molecule has 2 aromatic rings. The maximum Gasteiger partial charge on any atom is 0.253 e. The smallest absolute Gasteiger partial charge is 0.253 e. The van der Waals surface area contributed by atoms with E-state index in [4.69, 9.17) is 0 Å². The van der Waals surface area contributed by atoms with Gasteiger partial charge in [-0.15, -0.1) is 0 Å². The molecule has 7 heteroatoms. The standard InChI is InChI=1S/C18H20FN3O3/c19-12-4-1-2-5-13(12)21-15-10-20-9-8-11(15)18(25)22-14-6-3-7-16(23)17(14)24/h1-2,4-5,8-10,14,16-17,21,23-24H,3,6-7H2,(H,22,25)/t14?,16-,17+/m1/s1. The van der Waals surface area contributed by atoms with Gasteiger partial charge < -0.3 is 20.8 Å². The lowest BCUT2D eigenvalue weighted by Gasteiger charge is -2.32. The molecule has 0 radical (unpaired) electrons. The van der Waals surface area contributed by atoms with Gasteiger partial charge in [-0.2, -0.15) is 0 Å². The second kappa shape index (κ2) is 7.58. The van der Waals surface area contributed by atoms with Gasteiger partial charge in [0.05, 0.1) is 41.4 Å². The summed E-state index contributed by atoms with van der Waals surface area (Å²) in [5.41, 5.74) is 0.874. The third-order valence-electron chi connectivity index (χ3n) is 4.35. The number of aromatic nitrogens is 1. The molecule has 6 nitrogen and oxygen atoms in total. The molecule has 3 atom stereocenters. The number of halogens is 1. The lowest BCUT2D eigenvalue weighted by atomic mass is 9.90. The number of hydrogen-bond acceptors (Lipinski definition) is 5. The molecule has 0 aliphatic heterocycles. The average Bonchev–Trinajstić information content (AvgIpc) is 2.61. The molecule has 0 bridgehead atoms. The zero-order valence-corrected chi connectivity index (χ0v) is 13.5. The quantitative estimate of drug-likeness (QED) is 0.680. The lowest BCUT2D eigenvalue weighted by Crippen LogP contribution is -2.51. The van der Waals surface area contributed by atoms with Crippen LogP contribution in [0.3, 0.4) is 0 Å². The summed E-state index contributed by atoms with van der Waals surface area (Å²) in [6, 6.07) is 7.13. The van der Waals surface area contributed by atoms with Crippen LogP contribution in [0.4, 0.5) is 15.8 Å². The van der Waals surface area contributed by atoms with Crippen LogP contribution in [0.5, 0.6) is 0 Å². The van der Waals surface area contributed by atoms with Crippen LogP contribution in [0.25, 0.3) is 0 Å². The number of pyridine rings is 1. The Labute approximate surface area is 144 Å². The Kier molecular flexibility index (Phi) is 5.25. The highest BCUT2D eigenvalue weighted by Gasteiger charge is 2.32. The van der Waals surface area contributed by atoms with E-state index < -0.39 is 30.0 Å². The molecule has 1 saturated carbocycles. The van der Waals surface area contributed by atoms with Crippen LogP contribution in [0.1, 0.15) is 29.6 Å². The van der Waals surface area contributed by atoms with Crippen molar-refractivity contribution in [3.63, 3.8) is 0 Å². The topological polar surface area (TPSA) is 94.5 Å². The van der Waals surface area contributed by atoms with E-state index in [1.54, 1.807) is 18.2 Å². The molecule has 1 heterocycles. The van der Waals surface area contributed by atoms with Gasteiger partial charge in [0.2, 0.25) is 0 Å². The second-order valence-corrected chi connectivity index (χ2v) is 6.09. The van der Waals surface area contributed by atoms with Crippen LogP contribution in [-0.4, -0.2) is 39.4 Å². The first-order chi connectivity index (χ1) is 12.1. The number of anilines is 2. The van der Waals surface area contributed by atoms with Crippen LogP contribution >= 0.6 is 0 Å². The van der Waals surface area contributed by atoms with Crippen molar-refractivity contribution < 1.29 is 19.4 Å². The fraction of sp³-hybridized carbons (Fsp3) is 0.333. The molecule has 0 saturated heterocycles. The maximum absolute atomic E-state index is 13.8. The van der Waals surface area contributed by atoms with Gasteiger partial charge in [0.15, 0.2) is 0 Å². The summed E-state index contributed by atoms with van der Waals surface area (Å²) in [6.45, 7) is 0. The summed E-state index contributed by atoms with van der Waals surface area (Å²) < 4.78 is 13.8. The van der Waals surface area contributed by atoms with E-state index in [2.05, 4.69) is 15.6 Å². The number of amides is 1. The van der Waals surface area contributed by atoms with Gasteiger partial charge in [-0.3, -0.25) is 9.78 Å². The Morgan fingerprint density at radius 2 is 1.96 bits per heavy atom. The number of aliphatic hydroxyl groups is 2. The predicted octanol–water partition coefficient (Wildman–Crippen LogP) is 1.97. The predicted molar refractivity (Wildman–Crippen MR) is 91.0 cm³/mol. The zero-order chi connectivity index (χ0) is 17.8. The average molecular weight is 345 g/mol. The Morgan fingerprint density at radius 1 is 1.16 bits per heavy atom. The molecule has 1 fully saturated rings. The summed E-state index contributed by atoms with van der Waals surface area (Å²) in [4.78, 5) is 16.6. The minimum atomic E-state index is -0.998. The van der Waals surface area contributed by atoms with E-state index in [9.17, 15) is 19.4 Å². The highest BCUT2D eigenvalue weighted by Crippen LogP contribution is 2.24. The number of benzene rings is 1. The minimum absolute atomic E-state index is 0.234. The molecule has 1 amide bonds. The van der Waals surface area contributed by atoms with Crippen molar-refractivity contribution >= 4 is 17.3 Å². The van der Waals surface area contributed by atoms with Gasteiger partial charge in [0.1, 0.15) is 5.82 Å². The van der Waals surface area contributed by atoms with Crippen molar-refractivity contribution in [1.29, 1.82) is 0 Å². The Morgan fingerprint density at radius 3 is 2.76 bits per heavy atom. The van der Waals surface area contributed by atoms with Crippen LogP contribution in [0.2, 0.25) is 0 Å². The molecule has 1 unspecified atom stereocenters. The number of aliphatic hydroxyl groups excluding tert-OH is 2. The van der Waals surface area contributed by atoms with Crippen LogP contribution < -0.4 is 10.6 Å². The van der Waals surface area contributed by atoms with E-state index in [0.717, 1.165) is 6.42 Å². The van der Waals surface area contributed by atoms with Gasteiger partial charge >= 0.3 is 0 Å². The van der Waals surface area contributed by atoms with E-state index in [0.29, 0.717) is 18.5 Å². The summed E-state index contributed by atoms with van der Waals surface area (Å²) >= 11 is 0.